The van der Waals surface area contributed by atoms with Gasteiger partial charge in [0.1, 0.15) is 5.72 Å². The highest BCUT2D eigenvalue weighted by Gasteiger charge is 2.45. The summed E-state index contributed by atoms with van der Waals surface area (Å²) in [5.74, 6) is -0.755. The molecule has 0 unspecified atom stereocenters. The first-order valence-corrected chi connectivity index (χ1v) is 11.6. The number of alkyl halides is 3. The summed E-state index contributed by atoms with van der Waals surface area (Å²) in [7, 11) is 0. The normalized spacial score (nSPS) is 24.2. The van der Waals surface area contributed by atoms with E-state index in [4.69, 9.17) is 0 Å². The van der Waals surface area contributed by atoms with Gasteiger partial charge >= 0.3 is 6.18 Å². The van der Waals surface area contributed by atoms with Gasteiger partial charge < -0.3 is 15.7 Å². The molecule has 3 N–H and O–H groups in total. The van der Waals surface area contributed by atoms with Gasteiger partial charge in [-0.2, -0.15) is 13.2 Å². The molecule has 0 atom stereocenters. The predicted molar refractivity (Wildman–Crippen MR) is 116 cm³/mol. The summed E-state index contributed by atoms with van der Waals surface area (Å²) < 4.78 is 38.4. The van der Waals surface area contributed by atoms with Crippen molar-refractivity contribution in [1.82, 2.24) is 20.5 Å². The van der Waals surface area contributed by atoms with Crippen molar-refractivity contribution in [2.45, 2.75) is 49.5 Å². The Hall–Kier alpha value is -2.50. The number of hydrogen-bond donors (Lipinski definition) is 3. The van der Waals surface area contributed by atoms with Crippen LogP contribution < -0.4 is 10.6 Å². The molecule has 2 heterocycles. The lowest BCUT2D eigenvalue weighted by Crippen LogP contribution is -2.68. The fraction of sp³-hybridized carbons (Fsp3) is 0.500. The van der Waals surface area contributed by atoms with Gasteiger partial charge in [-0.15, -0.1) is 11.3 Å². The Labute approximate surface area is 193 Å². The molecule has 1 aliphatic heterocycles. The minimum Gasteiger partial charge on any atom is -0.376 e. The van der Waals surface area contributed by atoms with Crippen molar-refractivity contribution in [3.8, 4) is 0 Å². The van der Waals surface area contributed by atoms with E-state index in [-0.39, 0.29) is 18.2 Å². The Kier molecular flexibility index (Phi) is 6.73. The Bertz CT molecular complexity index is 985. The van der Waals surface area contributed by atoms with Gasteiger partial charge in [0, 0.05) is 29.7 Å². The SMILES string of the molecule is O=C(CNC(=O)c1cccc(C(F)(F)F)c1)NC1CN(C2(O)CCC(c3cncs3)CC2)C1. The molecule has 2 fully saturated rings. The summed E-state index contributed by atoms with van der Waals surface area (Å²) in [4.78, 5) is 31.6. The summed E-state index contributed by atoms with van der Waals surface area (Å²) in [6, 6.07) is 3.89. The Morgan fingerprint density at radius 1 is 1.24 bits per heavy atom. The van der Waals surface area contributed by atoms with E-state index in [2.05, 4.69) is 15.6 Å². The highest BCUT2D eigenvalue weighted by molar-refractivity contribution is 7.09. The number of aromatic nitrogens is 1. The average Bonchev–Trinajstić information content (AvgIpc) is 3.29. The minimum absolute atomic E-state index is 0.147. The van der Waals surface area contributed by atoms with Crippen molar-refractivity contribution in [3.05, 3.63) is 52.0 Å². The number of carbonyl (C=O) groups excluding carboxylic acids is 2. The van der Waals surface area contributed by atoms with E-state index in [1.807, 2.05) is 16.6 Å². The summed E-state index contributed by atoms with van der Waals surface area (Å²) in [5, 5.41) is 16.1. The van der Waals surface area contributed by atoms with E-state index in [9.17, 15) is 27.9 Å². The molecular weight excluding hydrogens is 457 g/mol. The van der Waals surface area contributed by atoms with Crippen molar-refractivity contribution in [1.29, 1.82) is 0 Å². The molecule has 0 spiro atoms. The van der Waals surface area contributed by atoms with Crippen molar-refractivity contribution < 1.29 is 27.9 Å². The first-order chi connectivity index (χ1) is 15.6. The van der Waals surface area contributed by atoms with Crippen molar-refractivity contribution in [2.24, 2.45) is 0 Å². The quantitative estimate of drug-likeness (QED) is 0.589. The molecule has 2 aromatic rings. The van der Waals surface area contributed by atoms with Gasteiger partial charge in [-0.1, -0.05) is 6.07 Å². The number of rotatable bonds is 6. The lowest BCUT2D eigenvalue weighted by Gasteiger charge is -2.51. The van der Waals surface area contributed by atoms with E-state index in [1.54, 1.807) is 11.3 Å². The van der Waals surface area contributed by atoms with Crippen LogP contribution in [0, 0.1) is 0 Å². The number of halogens is 3. The number of hydrogen-bond acceptors (Lipinski definition) is 6. The van der Waals surface area contributed by atoms with Crippen LogP contribution >= 0.6 is 11.3 Å². The van der Waals surface area contributed by atoms with Gasteiger partial charge in [0.15, 0.2) is 0 Å². The molecule has 2 amide bonds. The second-order valence-electron chi connectivity index (χ2n) is 8.59. The maximum absolute atomic E-state index is 12.8. The molecule has 1 saturated heterocycles. The lowest BCUT2D eigenvalue weighted by atomic mass is 9.80. The molecule has 4 rings (SSSR count). The second-order valence-corrected chi connectivity index (χ2v) is 9.51. The minimum atomic E-state index is -4.55. The van der Waals surface area contributed by atoms with E-state index in [0.717, 1.165) is 31.0 Å². The molecule has 1 aromatic carbocycles. The molecule has 2 aliphatic rings. The van der Waals surface area contributed by atoms with Crippen LogP contribution in [0.2, 0.25) is 0 Å². The average molecular weight is 483 g/mol. The number of carbonyl (C=O) groups is 2. The topological polar surface area (TPSA) is 94.6 Å². The first kappa shape index (κ1) is 23.7. The number of aliphatic hydroxyl groups is 1. The van der Waals surface area contributed by atoms with Gasteiger partial charge in [0.2, 0.25) is 5.91 Å². The summed E-state index contributed by atoms with van der Waals surface area (Å²) >= 11 is 1.64. The third-order valence-electron chi connectivity index (χ3n) is 6.34. The third-order valence-corrected chi connectivity index (χ3v) is 7.28. The Morgan fingerprint density at radius 2 is 1.97 bits per heavy atom. The second kappa shape index (κ2) is 9.40. The standard InChI is InChI=1S/C22H25F3N4O3S/c23-22(24,25)16-3-1-2-15(8-16)20(31)27-10-19(30)28-17-11-29(12-17)21(32)6-4-14(5-7-21)18-9-26-13-33-18/h1-3,8-9,13-14,17,32H,4-7,10-12H2,(H,27,31)(H,28,30). The van der Waals surface area contributed by atoms with Crippen LogP contribution in [0.1, 0.15) is 52.4 Å². The highest BCUT2D eigenvalue weighted by atomic mass is 32.1. The third kappa shape index (κ3) is 5.53. The van der Waals surface area contributed by atoms with Crippen molar-refractivity contribution in [3.63, 3.8) is 0 Å². The zero-order valence-electron chi connectivity index (χ0n) is 17.8. The molecule has 1 aromatic heterocycles. The van der Waals surface area contributed by atoms with Gasteiger partial charge in [-0.05, 0) is 49.8 Å². The van der Waals surface area contributed by atoms with Gasteiger partial charge in [0.25, 0.3) is 5.91 Å². The summed E-state index contributed by atoms with van der Waals surface area (Å²) in [5.41, 5.74) is -0.141. The summed E-state index contributed by atoms with van der Waals surface area (Å²) in [6.45, 7) is 0.677. The van der Waals surface area contributed by atoms with Crippen LogP contribution in [-0.4, -0.2) is 58.2 Å². The molecule has 0 radical (unpaired) electrons. The van der Waals surface area contributed by atoms with Gasteiger partial charge in [0.05, 0.1) is 23.7 Å². The number of nitrogens with one attached hydrogen (secondary N) is 2. The van der Waals surface area contributed by atoms with Crippen LogP contribution in [0.3, 0.4) is 0 Å². The molecule has 178 valence electrons. The van der Waals surface area contributed by atoms with Crippen LogP contribution in [-0.2, 0) is 11.0 Å². The van der Waals surface area contributed by atoms with Crippen LogP contribution in [0.15, 0.2) is 36.0 Å². The molecule has 33 heavy (non-hydrogen) atoms. The van der Waals surface area contributed by atoms with E-state index >= 15 is 0 Å². The van der Waals surface area contributed by atoms with Crippen LogP contribution in [0.25, 0.3) is 0 Å². The van der Waals surface area contributed by atoms with Crippen LogP contribution in [0.5, 0.6) is 0 Å². The van der Waals surface area contributed by atoms with Gasteiger partial charge in [-0.3, -0.25) is 19.5 Å². The zero-order chi connectivity index (χ0) is 23.6. The molecule has 11 heteroatoms. The van der Waals surface area contributed by atoms with E-state index in [1.165, 1.54) is 10.9 Å². The van der Waals surface area contributed by atoms with Crippen LogP contribution in [0.4, 0.5) is 13.2 Å². The van der Waals surface area contributed by atoms with Crippen molar-refractivity contribution >= 4 is 23.2 Å². The van der Waals surface area contributed by atoms with E-state index in [0.29, 0.717) is 31.8 Å². The Balaban J connectivity index is 1.19. The number of nitrogens with zero attached hydrogens (tertiary/aromatic N) is 2. The maximum atomic E-state index is 12.8. The highest BCUT2D eigenvalue weighted by Crippen LogP contribution is 2.42. The number of benzene rings is 1. The number of likely N-dealkylation sites (tertiary alicyclic amines) is 1. The number of thiazole rings is 1. The Morgan fingerprint density at radius 3 is 2.61 bits per heavy atom. The van der Waals surface area contributed by atoms with Gasteiger partial charge in [-0.25, -0.2) is 0 Å². The lowest BCUT2D eigenvalue weighted by molar-refractivity contribution is -0.169. The fourth-order valence-corrected chi connectivity index (χ4v) is 5.19. The van der Waals surface area contributed by atoms with Crippen molar-refractivity contribution in [2.75, 3.05) is 19.6 Å². The molecule has 7 nitrogen and oxygen atoms in total. The fourth-order valence-electron chi connectivity index (χ4n) is 4.40. The monoisotopic (exact) mass is 482 g/mol. The van der Waals surface area contributed by atoms with E-state index < -0.39 is 29.3 Å². The number of amides is 2. The molecule has 1 saturated carbocycles. The largest absolute Gasteiger partial charge is 0.416 e. The molecule has 1 aliphatic carbocycles. The zero-order valence-corrected chi connectivity index (χ0v) is 18.6. The molecule has 0 bridgehead atoms. The smallest absolute Gasteiger partial charge is 0.376 e. The first-order valence-electron chi connectivity index (χ1n) is 10.7. The predicted octanol–water partition coefficient (Wildman–Crippen LogP) is 2.74. The summed E-state index contributed by atoms with van der Waals surface area (Å²) in [6.07, 6.45) is 0.420. The molecular formula is C22H25F3N4O3S. The maximum Gasteiger partial charge on any atom is 0.416 e.